The van der Waals surface area contributed by atoms with Gasteiger partial charge in [-0.25, -0.2) is 0 Å². The van der Waals surface area contributed by atoms with Crippen molar-refractivity contribution in [3.8, 4) is 0 Å². The summed E-state index contributed by atoms with van der Waals surface area (Å²) in [6.07, 6.45) is 0.939. The average Bonchev–Trinajstić information content (AvgIpc) is 2.44. The number of thiophene rings is 1. The van der Waals surface area contributed by atoms with E-state index in [1.54, 1.807) is 18.4 Å². The Morgan fingerprint density at radius 2 is 2.43 bits per heavy atom. The lowest BCUT2D eigenvalue weighted by Gasteiger charge is -2.11. The van der Waals surface area contributed by atoms with Gasteiger partial charge in [0.2, 0.25) is 0 Å². The Morgan fingerprint density at radius 3 is 3.07 bits per heavy atom. The number of hydrogen-bond acceptors (Lipinski definition) is 4. The second-order valence-corrected chi connectivity index (χ2v) is 4.93. The van der Waals surface area contributed by atoms with Crippen LogP contribution >= 0.6 is 22.9 Å². The van der Waals surface area contributed by atoms with Crippen LogP contribution in [0.25, 0.3) is 0 Å². The van der Waals surface area contributed by atoms with Crippen molar-refractivity contribution >= 4 is 22.9 Å². The Labute approximate surface area is 91.8 Å². The van der Waals surface area contributed by atoms with Crippen molar-refractivity contribution in [2.24, 2.45) is 0 Å². The third kappa shape index (κ3) is 1.94. The third-order valence-corrected chi connectivity index (χ3v) is 4.03. The van der Waals surface area contributed by atoms with Crippen molar-refractivity contribution in [2.75, 3.05) is 13.7 Å². The number of ether oxygens (including phenoxy) is 1. The van der Waals surface area contributed by atoms with Crippen LogP contribution in [0.3, 0.4) is 0 Å². The van der Waals surface area contributed by atoms with E-state index in [1.165, 1.54) is 4.88 Å². The van der Waals surface area contributed by atoms with Crippen molar-refractivity contribution in [3.63, 3.8) is 0 Å². The molecule has 1 aliphatic heterocycles. The lowest BCUT2D eigenvalue weighted by molar-refractivity contribution is -0.0723. The molecule has 2 rings (SSSR count). The molecule has 0 amide bonds. The van der Waals surface area contributed by atoms with E-state index in [9.17, 15) is 0 Å². The van der Waals surface area contributed by atoms with Crippen LogP contribution in [-0.4, -0.2) is 23.9 Å². The summed E-state index contributed by atoms with van der Waals surface area (Å²) in [6.45, 7) is 1.87. The normalized spacial score (nSPS) is 16.0. The molecule has 0 spiro atoms. The molecule has 0 unspecified atom stereocenters. The molecule has 0 saturated heterocycles. The summed E-state index contributed by atoms with van der Waals surface area (Å²) in [5.41, 5.74) is 1.11. The maximum Gasteiger partial charge on any atom is 0.0742 e. The second kappa shape index (κ2) is 4.16. The monoisotopic (exact) mass is 233 g/mol. The van der Waals surface area contributed by atoms with Crippen LogP contribution in [0.1, 0.15) is 15.3 Å². The molecule has 14 heavy (non-hydrogen) atoms. The van der Waals surface area contributed by atoms with Crippen LogP contribution < -0.4 is 0 Å². The van der Waals surface area contributed by atoms with E-state index in [4.69, 9.17) is 21.5 Å². The van der Waals surface area contributed by atoms with Gasteiger partial charge in [0, 0.05) is 28.8 Å². The minimum Gasteiger partial charge on any atom is -0.376 e. The molecule has 1 aromatic rings. The molecule has 0 saturated carbocycles. The van der Waals surface area contributed by atoms with E-state index >= 15 is 0 Å². The highest BCUT2D eigenvalue weighted by molar-refractivity contribution is 7.12. The van der Waals surface area contributed by atoms with E-state index in [1.807, 2.05) is 0 Å². The summed E-state index contributed by atoms with van der Waals surface area (Å²) in [4.78, 5) is 2.32. The van der Waals surface area contributed by atoms with Gasteiger partial charge in [0.05, 0.1) is 24.8 Å². The van der Waals surface area contributed by atoms with Crippen LogP contribution in [0.5, 0.6) is 0 Å². The first-order valence-corrected chi connectivity index (χ1v) is 5.64. The van der Waals surface area contributed by atoms with Crippen molar-refractivity contribution in [1.82, 2.24) is 5.06 Å². The van der Waals surface area contributed by atoms with Crippen molar-refractivity contribution in [2.45, 2.75) is 19.6 Å². The van der Waals surface area contributed by atoms with Gasteiger partial charge in [0.15, 0.2) is 0 Å². The first kappa shape index (κ1) is 10.4. The van der Waals surface area contributed by atoms with Gasteiger partial charge in [-0.1, -0.05) is 11.6 Å². The smallest absolute Gasteiger partial charge is 0.0742 e. The van der Waals surface area contributed by atoms with Crippen LogP contribution in [-0.2, 0) is 24.3 Å². The highest BCUT2D eigenvalue weighted by Gasteiger charge is 2.20. The van der Waals surface area contributed by atoms with Crippen molar-refractivity contribution in [1.29, 1.82) is 0 Å². The van der Waals surface area contributed by atoms with Gasteiger partial charge in [0.1, 0.15) is 0 Å². The Bertz CT molecular complexity index is 338. The minimum atomic E-state index is 0.483. The van der Waals surface area contributed by atoms with Gasteiger partial charge < -0.3 is 9.94 Å². The largest absolute Gasteiger partial charge is 0.376 e. The molecule has 0 bridgehead atoms. The van der Waals surface area contributed by atoms with Gasteiger partial charge in [-0.05, 0) is 0 Å². The second-order valence-electron chi connectivity index (χ2n) is 3.36. The number of nitrogens with zero attached hydrogens (tertiary/aromatic N) is 1. The van der Waals surface area contributed by atoms with Crippen LogP contribution in [0.2, 0.25) is 5.02 Å². The standard InChI is InChI=1S/C9H12ClNO2S/c1-11(12)4-8-9(10)6-5-13-3-2-7(6)14-8/h12H,2-5H2,1H3. The van der Waals surface area contributed by atoms with E-state index in [0.29, 0.717) is 13.2 Å². The first-order chi connectivity index (χ1) is 6.68. The van der Waals surface area contributed by atoms with Crippen LogP contribution in [0.15, 0.2) is 0 Å². The molecule has 1 N–H and O–H groups in total. The van der Waals surface area contributed by atoms with Crippen LogP contribution in [0.4, 0.5) is 0 Å². The quantitative estimate of drug-likeness (QED) is 0.796. The maximum atomic E-state index is 9.14. The van der Waals surface area contributed by atoms with Gasteiger partial charge in [-0.2, -0.15) is 5.06 Å². The fourth-order valence-electron chi connectivity index (χ4n) is 1.54. The Morgan fingerprint density at radius 1 is 1.64 bits per heavy atom. The molecule has 2 heterocycles. The molecule has 0 fully saturated rings. The highest BCUT2D eigenvalue weighted by atomic mass is 35.5. The number of hydrogen-bond donors (Lipinski definition) is 1. The van der Waals surface area contributed by atoms with Gasteiger partial charge in [-0.15, -0.1) is 11.3 Å². The summed E-state index contributed by atoms with van der Waals surface area (Å²) in [6, 6.07) is 0. The minimum absolute atomic E-state index is 0.483. The maximum absolute atomic E-state index is 9.14. The highest BCUT2D eigenvalue weighted by Crippen LogP contribution is 2.36. The molecule has 5 heteroatoms. The van der Waals surface area contributed by atoms with Gasteiger partial charge in [0.25, 0.3) is 0 Å². The lowest BCUT2D eigenvalue weighted by Crippen LogP contribution is -2.10. The Balaban J connectivity index is 2.29. The zero-order valence-electron chi connectivity index (χ0n) is 7.92. The molecule has 0 aromatic carbocycles. The molecular formula is C9H12ClNO2S. The Kier molecular flexibility index (Phi) is 3.09. The molecule has 0 aliphatic carbocycles. The van der Waals surface area contributed by atoms with E-state index in [-0.39, 0.29) is 0 Å². The van der Waals surface area contributed by atoms with E-state index < -0.39 is 0 Å². The third-order valence-electron chi connectivity index (χ3n) is 2.19. The summed E-state index contributed by atoms with van der Waals surface area (Å²) in [7, 11) is 1.62. The van der Waals surface area contributed by atoms with Crippen LogP contribution in [0, 0.1) is 0 Å². The van der Waals surface area contributed by atoms with Gasteiger partial charge >= 0.3 is 0 Å². The van der Waals surface area contributed by atoms with E-state index in [0.717, 1.165) is 33.6 Å². The molecule has 1 aliphatic rings. The zero-order valence-corrected chi connectivity index (χ0v) is 9.49. The molecule has 0 atom stereocenters. The molecule has 1 aromatic heterocycles. The Hall–Kier alpha value is -0.130. The number of hydroxylamine groups is 2. The van der Waals surface area contributed by atoms with Crippen molar-refractivity contribution in [3.05, 3.63) is 20.3 Å². The number of fused-ring (bicyclic) bond motifs is 1. The first-order valence-electron chi connectivity index (χ1n) is 4.45. The van der Waals surface area contributed by atoms with Gasteiger partial charge in [-0.3, -0.25) is 0 Å². The molecule has 0 radical (unpaired) electrons. The molecular weight excluding hydrogens is 222 g/mol. The van der Waals surface area contributed by atoms with Crippen molar-refractivity contribution < 1.29 is 9.94 Å². The number of halogens is 1. The van der Waals surface area contributed by atoms with E-state index in [2.05, 4.69) is 0 Å². The predicted molar refractivity (Wildman–Crippen MR) is 55.9 cm³/mol. The molecule has 78 valence electrons. The summed E-state index contributed by atoms with van der Waals surface area (Å²) < 4.78 is 5.34. The topological polar surface area (TPSA) is 32.7 Å². The zero-order chi connectivity index (χ0) is 10.1. The summed E-state index contributed by atoms with van der Waals surface area (Å²) in [5, 5.41) is 11.1. The summed E-state index contributed by atoms with van der Waals surface area (Å²) >= 11 is 7.86. The average molecular weight is 234 g/mol. The summed E-state index contributed by atoms with van der Waals surface area (Å²) in [5.74, 6) is 0. The molecule has 3 nitrogen and oxygen atoms in total. The number of rotatable bonds is 2. The predicted octanol–water partition coefficient (Wildman–Crippen LogP) is 2.30. The fraction of sp³-hybridized carbons (Fsp3) is 0.556. The lowest BCUT2D eigenvalue weighted by atomic mass is 10.2. The fourth-order valence-corrected chi connectivity index (χ4v) is 3.17. The SMILES string of the molecule is CN(O)Cc1sc2c(c1Cl)COCC2.